The molecule has 0 aliphatic heterocycles. The first-order valence-electron chi connectivity index (χ1n) is 9.23. The van der Waals surface area contributed by atoms with Crippen LogP contribution >= 0.6 is 0 Å². The molecule has 8 heteroatoms. The van der Waals surface area contributed by atoms with Crippen molar-refractivity contribution in [1.82, 2.24) is 19.2 Å². The third-order valence-electron chi connectivity index (χ3n) is 4.53. The minimum atomic E-state index is -0.547. The molecule has 0 unspecified atom stereocenters. The summed E-state index contributed by atoms with van der Waals surface area (Å²) >= 11 is 0. The summed E-state index contributed by atoms with van der Waals surface area (Å²) in [6.45, 7) is 0.145. The highest BCUT2D eigenvalue weighted by molar-refractivity contribution is 5.91. The zero-order valence-electron chi connectivity index (χ0n) is 15.9. The molecule has 0 spiro atoms. The van der Waals surface area contributed by atoms with Crippen molar-refractivity contribution in [3.63, 3.8) is 0 Å². The largest absolute Gasteiger partial charge is 0.462 e. The fraction of sp³-hybridized carbons (Fsp3) is 0.238. The molecule has 29 heavy (non-hydrogen) atoms. The first kappa shape index (κ1) is 18.8. The Kier molecular flexibility index (Phi) is 5.35. The van der Waals surface area contributed by atoms with Crippen molar-refractivity contribution in [2.75, 3.05) is 20.3 Å². The van der Waals surface area contributed by atoms with E-state index in [1.807, 2.05) is 54.6 Å². The Morgan fingerprint density at radius 1 is 1.03 bits per heavy atom. The maximum atomic E-state index is 13.0. The summed E-state index contributed by atoms with van der Waals surface area (Å²) in [4.78, 5) is 29.8. The van der Waals surface area contributed by atoms with Gasteiger partial charge in [-0.15, -0.1) is 5.10 Å². The molecular formula is C21H20N4O4. The number of methoxy groups -OCH3 is 1. The van der Waals surface area contributed by atoms with Crippen LogP contribution < -0.4 is 5.69 Å². The molecule has 2 heterocycles. The molecule has 4 aromatic rings. The molecule has 148 valence electrons. The third kappa shape index (κ3) is 3.88. The average molecular weight is 392 g/mol. The van der Waals surface area contributed by atoms with Gasteiger partial charge in [0.25, 0.3) is 0 Å². The van der Waals surface area contributed by atoms with Crippen LogP contribution in [0, 0.1) is 0 Å². The molecule has 8 nitrogen and oxygen atoms in total. The van der Waals surface area contributed by atoms with E-state index in [2.05, 4.69) is 10.1 Å². The van der Waals surface area contributed by atoms with Gasteiger partial charge >= 0.3 is 11.7 Å². The van der Waals surface area contributed by atoms with Crippen LogP contribution in [0.1, 0.15) is 11.4 Å². The first-order chi connectivity index (χ1) is 14.2. The van der Waals surface area contributed by atoms with Crippen LogP contribution in [0.3, 0.4) is 0 Å². The molecule has 0 saturated carbocycles. The Labute approximate surface area is 166 Å². The number of esters is 1. The van der Waals surface area contributed by atoms with Crippen molar-refractivity contribution in [2.24, 2.45) is 0 Å². The second kappa shape index (κ2) is 8.24. The zero-order valence-corrected chi connectivity index (χ0v) is 15.9. The van der Waals surface area contributed by atoms with Crippen molar-refractivity contribution in [3.05, 3.63) is 76.5 Å². The van der Waals surface area contributed by atoms with Crippen molar-refractivity contribution < 1.29 is 14.3 Å². The second-order valence-electron chi connectivity index (χ2n) is 6.52. The summed E-state index contributed by atoms with van der Waals surface area (Å²) in [5, 5.41) is 5.15. The van der Waals surface area contributed by atoms with Gasteiger partial charge in [0, 0.05) is 18.9 Å². The number of carbonyl (C=O) groups is 1. The molecule has 0 bridgehead atoms. The van der Waals surface area contributed by atoms with Gasteiger partial charge in [-0.25, -0.2) is 18.9 Å². The lowest BCUT2D eigenvalue weighted by Crippen LogP contribution is -2.28. The summed E-state index contributed by atoms with van der Waals surface area (Å²) in [5.41, 5.74) is 1.81. The molecular weight excluding hydrogens is 372 g/mol. The van der Waals surface area contributed by atoms with E-state index in [1.165, 1.54) is 11.5 Å². The van der Waals surface area contributed by atoms with E-state index < -0.39 is 11.7 Å². The molecule has 0 saturated heterocycles. The van der Waals surface area contributed by atoms with E-state index in [4.69, 9.17) is 9.47 Å². The van der Waals surface area contributed by atoms with Crippen LogP contribution in [-0.4, -0.2) is 45.5 Å². The van der Waals surface area contributed by atoms with E-state index in [-0.39, 0.29) is 13.2 Å². The SMILES string of the molecule is COCCOC(=O)Cn1nc2c3ccccc3nc(Cc3ccccc3)n2c1=O. The van der Waals surface area contributed by atoms with Crippen molar-refractivity contribution >= 4 is 22.5 Å². The maximum absolute atomic E-state index is 13.0. The summed E-state index contributed by atoms with van der Waals surface area (Å²) in [6.07, 6.45) is 0.464. The number of ether oxygens (including phenoxy) is 2. The van der Waals surface area contributed by atoms with Gasteiger partial charge in [0.2, 0.25) is 0 Å². The minimum Gasteiger partial charge on any atom is -0.462 e. The first-order valence-corrected chi connectivity index (χ1v) is 9.23. The van der Waals surface area contributed by atoms with Crippen molar-refractivity contribution in [1.29, 1.82) is 0 Å². The number of hydrogen-bond donors (Lipinski definition) is 0. The molecule has 2 aromatic carbocycles. The average Bonchev–Trinajstić information content (AvgIpc) is 3.06. The normalized spacial score (nSPS) is 11.2. The lowest BCUT2D eigenvalue weighted by atomic mass is 10.1. The molecule has 0 amide bonds. The number of hydrogen-bond acceptors (Lipinski definition) is 6. The predicted octanol–water partition coefficient (Wildman–Crippen LogP) is 1.82. The lowest BCUT2D eigenvalue weighted by Gasteiger charge is -2.06. The number of para-hydroxylation sites is 1. The molecule has 4 rings (SSSR count). The highest BCUT2D eigenvalue weighted by atomic mass is 16.6. The second-order valence-corrected chi connectivity index (χ2v) is 6.52. The summed E-state index contributed by atoms with van der Waals surface area (Å²) in [7, 11) is 1.52. The molecule has 0 radical (unpaired) electrons. The maximum Gasteiger partial charge on any atom is 0.352 e. The van der Waals surface area contributed by atoms with Crippen LogP contribution in [0.2, 0.25) is 0 Å². The zero-order chi connectivity index (χ0) is 20.2. The van der Waals surface area contributed by atoms with Gasteiger partial charge in [-0.3, -0.25) is 4.79 Å². The standard InChI is InChI=1S/C21H20N4O4/c1-28-11-12-29-19(26)14-24-21(27)25-18(13-15-7-3-2-4-8-15)22-17-10-6-5-9-16(17)20(25)23-24/h2-10H,11-14H2,1H3. The summed E-state index contributed by atoms with van der Waals surface area (Å²) in [5.74, 6) is 0.0170. The lowest BCUT2D eigenvalue weighted by molar-refractivity contribution is -0.145. The van der Waals surface area contributed by atoms with Crippen LogP contribution in [0.15, 0.2) is 59.4 Å². The number of nitrogens with zero attached hydrogens (tertiary/aromatic N) is 4. The summed E-state index contributed by atoms with van der Waals surface area (Å²) < 4.78 is 12.5. The monoisotopic (exact) mass is 392 g/mol. The Bertz CT molecular complexity index is 1210. The molecule has 0 aliphatic carbocycles. The smallest absolute Gasteiger partial charge is 0.352 e. The summed E-state index contributed by atoms with van der Waals surface area (Å²) in [6, 6.07) is 17.3. The highest BCUT2D eigenvalue weighted by Gasteiger charge is 2.18. The molecule has 0 atom stereocenters. The fourth-order valence-corrected chi connectivity index (χ4v) is 3.17. The van der Waals surface area contributed by atoms with Gasteiger partial charge in [0.05, 0.1) is 12.1 Å². The Morgan fingerprint density at radius 3 is 2.59 bits per heavy atom. The molecule has 0 N–H and O–H groups in total. The number of aromatic nitrogens is 4. The van der Waals surface area contributed by atoms with Crippen molar-refractivity contribution in [2.45, 2.75) is 13.0 Å². The van der Waals surface area contributed by atoms with Gasteiger partial charge in [-0.05, 0) is 17.7 Å². The van der Waals surface area contributed by atoms with Crippen molar-refractivity contribution in [3.8, 4) is 0 Å². The van der Waals surface area contributed by atoms with Gasteiger partial charge in [0.15, 0.2) is 5.65 Å². The molecule has 0 fully saturated rings. The van der Waals surface area contributed by atoms with Crippen LogP contribution in [0.25, 0.3) is 16.6 Å². The number of fused-ring (bicyclic) bond motifs is 3. The topological polar surface area (TPSA) is 87.7 Å². The van der Waals surface area contributed by atoms with E-state index in [0.717, 1.165) is 21.1 Å². The van der Waals surface area contributed by atoms with E-state index >= 15 is 0 Å². The molecule has 0 aliphatic rings. The number of carbonyl (C=O) groups excluding carboxylic acids is 1. The Morgan fingerprint density at radius 2 is 1.79 bits per heavy atom. The van der Waals surface area contributed by atoms with Gasteiger partial charge in [-0.2, -0.15) is 0 Å². The van der Waals surface area contributed by atoms with Gasteiger partial charge in [0.1, 0.15) is 19.0 Å². The highest BCUT2D eigenvalue weighted by Crippen LogP contribution is 2.18. The number of rotatable bonds is 7. The Hall–Kier alpha value is -3.52. The van der Waals surface area contributed by atoms with Crippen LogP contribution in [0.4, 0.5) is 0 Å². The van der Waals surface area contributed by atoms with E-state index in [0.29, 0.717) is 24.5 Å². The number of benzene rings is 2. The quantitative estimate of drug-likeness (QED) is 0.352. The molecule has 2 aromatic heterocycles. The van der Waals surface area contributed by atoms with Crippen LogP contribution in [-0.2, 0) is 27.2 Å². The van der Waals surface area contributed by atoms with E-state index in [1.54, 1.807) is 0 Å². The third-order valence-corrected chi connectivity index (χ3v) is 4.53. The van der Waals surface area contributed by atoms with Crippen LogP contribution in [0.5, 0.6) is 0 Å². The van der Waals surface area contributed by atoms with Gasteiger partial charge in [-0.1, -0.05) is 42.5 Å². The minimum absolute atomic E-state index is 0.126. The predicted molar refractivity (Wildman–Crippen MR) is 107 cm³/mol. The van der Waals surface area contributed by atoms with Gasteiger partial charge < -0.3 is 9.47 Å². The van der Waals surface area contributed by atoms with E-state index in [9.17, 15) is 9.59 Å². The Balaban J connectivity index is 1.79. The fourth-order valence-electron chi connectivity index (χ4n) is 3.17.